The van der Waals surface area contributed by atoms with Crippen molar-refractivity contribution in [3.8, 4) is 0 Å². The van der Waals surface area contributed by atoms with Crippen molar-refractivity contribution in [2.24, 2.45) is 0 Å². The lowest BCUT2D eigenvalue weighted by atomic mass is 10.0. The Labute approximate surface area is 157 Å². The molecule has 8 heteroatoms. The molecule has 144 valence electrons. The summed E-state index contributed by atoms with van der Waals surface area (Å²) >= 11 is 0. The number of nitrogens with one attached hydrogen (secondary N) is 1. The van der Waals surface area contributed by atoms with E-state index in [1.54, 1.807) is 11.0 Å². The third-order valence-electron chi connectivity index (χ3n) is 4.71. The minimum atomic E-state index is -0.292. The Morgan fingerprint density at radius 3 is 2.70 bits per heavy atom. The first kappa shape index (κ1) is 18.9. The van der Waals surface area contributed by atoms with E-state index in [0.29, 0.717) is 38.0 Å². The minimum Gasteiger partial charge on any atom is -0.472 e. The van der Waals surface area contributed by atoms with Crippen molar-refractivity contribution in [2.45, 2.75) is 45.2 Å². The van der Waals surface area contributed by atoms with Gasteiger partial charge >= 0.3 is 0 Å². The van der Waals surface area contributed by atoms with Crippen molar-refractivity contribution >= 4 is 11.8 Å². The zero-order valence-corrected chi connectivity index (χ0v) is 15.4. The maximum absolute atomic E-state index is 12.5. The number of carbonyl (C=O) groups is 2. The Morgan fingerprint density at radius 2 is 2.04 bits per heavy atom. The lowest BCUT2D eigenvalue weighted by Gasteiger charge is -2.32. The summed E-state index contributed by atoms with van der Waals surface area (Å²) in [5.41, 5.74) is 0.574. The van der Waals surface area contributed by atoms with Gasteiger partial charge in [-0.2, -0.15) is 5.10 Å². The van der Waals surface area contributed by atoms with Gasteiger partial charge in [0.25, 0.3) is 17.4 Å². The second-order valence-corrected chi connectivity index (χ2v) is 6.69. The Balaban J connectivity index is 1.55. The van der Waals surface area contributed by atoms with Gasteiger partial charge in [0, 0.05) is 31.7 Å². The number of rotatable bonds is 6. The van der Waals surface area contributed by atoms with Gasteiger partial charge in [-0.05, 0) is 31.4 Å². The van der Waals surface area contributed by atoms with E-state index >= 15 is 0 Å². The highest BCUT2D eigenvalue weighted by atomic mass is 16.3. The molecular formula is C19H24N4O4. The van der Waals surface area contributed by atoms with Gasteiger partial charge < -0.3 is 14.6 Å². The van der Waals surface area contributed by atoms with Crippen LogP contribution in [0.5, 0.6) is 0 Å². The lowest BCUT2D eigenvalue weighted by Crippen LogP contribution is -2.46. The van der Waals surface area contributed by atoms with Gasteiger partial charge in [0.15, 0.2) is 0 Å². The SMILES string of the molecule is CCCCn1nc(C(=O)NC2CCN(C(=O)c3ccoc3)CC2)ccc1=O. The van der Waals surface area contributed by atoms with Crippen molar-refractivity contribution in [1.82, 2.24) is 20.0 Å². The summed E-state index contributed by atoms with van der Waals surface area (Å²) in [5, 5.41) is 7.13. The van der Waals surface area contributed by atoms with E-state index in [0.717, 1.165) is 12.8 Å². The van der Waals surface area contributed by atoms with Crippen LogP contribution < -0.4 is 10.9 Å². The summed E-state index contributed by atoms with van der Waals surface area (Å²) in [4.78, 5) is 38.3. The largest absolute Gasteiger partial charge is 0.472 e. The van der Waals surface area contributed by atoms with Crippen LogP contribution in [0.2, 0.25) is 0 Å². The molecular weight excluding hydrogens is 348 g/mol. The van der Waals surface area contributed by atoms with Gasteiger partial charge in [-0.3, -0.25) is 14.4 Å². The molecule has 1 aliphatic rings. The van der Waals surface area contributed by atoms with Gasteiger partial charge in [0.05, 0.1) is 11.8 Å². The number of aromatic nitrogens is 2. The molecule has 3 rings (SSSR count). The van der Waals surface area contributed by atoms with E-state index < -0.39 is 0 Å². The summed E-state index contributed by atoms with van der Waals surface area (Å²) < 4.78 is 6.29. The number of carbonyl (C=O) groups excluding carboxylic acids is 2. The first-order chi connectivity index (χ1) is 13.1. The maximum atomic E-state index is 12.5. The number of piperidine rings is 1. The van der Waals surface area contributed by atoms with Gasteiger partial charge in [-0.1, -0.05) is 13.3 Å². The third kappa shape index (κ3) is 4.64. The smallest absolute Gasteiger partial charge is 0.271 e. The molecule has 2 aromatic rings. The van der Waals surface area contributed by atoms with Gasteiger partial charge in [-0.25, -0.2) is 4.68 Å². The molecule has 2 aromatic heterocycles. The number of hydrogen-bond acceptors (Lipinski definition) is 5. The first-order valence-corrected chi connectivity index (χ1v) is 9.29. The highest BCUT2D eigenvalue weighted by Gasteiger charge is 2.25. The second kappa shape index (κ2) is 8.66. The summed E-state index contributed by atoms with van der Waals surface area (Å²) in [7, 11) is 0. The van der Waals surface area contributed by atoms with E-state index in [-0.39, 0.29) is 29.1 Å². The summed E-state index contributed by atoms with van der Waals surface area (Å²) in [6.45, 7) is 3.67. The van der Waals surface area contributed by atoms with Crippen LogP contribution in [0.15, 0.2) is 39.9 Å². The standard InChI is InChI=1S/C19H24N4O4/c1-2-3-9-23-17(24)5-4-16(21-23)18(25)20-15-6-10-22(11-7-15)19(26)14-8-12-27-13-14/h4-5,8,12-13,15H,2-3,6-7,9-11H2,1H3,(H,20,25). The molecule has 0 atom stereocenters. The van der Waals surface area contributed by atoms with Gasteiger partial charge in [-0.15, -0.1) is 0 Å². The van der Waals surface area contributed by atoms with Gasteiger partial charge in [0.1, 0.15) is 12.0 Å². The number of furan rings is 1. The topological polar surface area (TPSA) is 97.4 Å². The van der Waals surface area contributed by atoms with Crippen LogP contribution in [0.4, 0.5) is 0 Å². The Hall–Kier alpha value is -2.90. The average Bonchev–Trinajstić information content (AvgIpc) is 3.22. The fourth-order valence-electron chi connectivity index (χ4n) is 3.09. The normalized spacial score (nSPS) is 14.9. The van der Waals surface area contributed by atoms with Crippen LogP contribution in [-0.2, 0) is 6.54 Å². The minimum absolute atomic E-state index is 0.0243. The molecule has 0 unspecified atom stereocenters. The van der Waals surface area contributed by atoms with Crippen LogP contribution in [-0.4, -0.2) is 45.6 Å². The molecule has 27 heavy (non-hydrogen) atoms. The molecule has 0 aromatic carbocycles. The monoisotopic (exact) mass is 372 g/mol. The van der Waals surface area contributed by atoms with E-state index in [1.165, 1.54) is 29.3 Å². The molecule has 1 saturated heterocycles. The predicted octanol–water partition coefficient (Wildman–Crippen LogP) is 1.67. The molecule has 0 bridgehead atoms. The van der Waals surface area contributed by atoms with Crippen LogP contribution in [0.25, 0.3) is 0 Å². The zero-order chi connectivity index (χ0) is 19.2. The fraction of sp³-hybridized carbons (Fsp3) is 0.474. The highest BCUT2D eigenvalue weighted by Crippen LogP contribution is 2.14. The first-order valence-electron chi connectivity index (χ1n) is 9.29. The van der Waals surface area contributed by atoms with Crippen molar-refractivity contribution in [1.29, 1.82) is 0 Å². The van der Waals surface area contributed by atoms with E-state index in [1.807, 2.05) is 6.92 Å². The molecule has 0 radical (unpaired) electrons. The number of nitrogens with zero attached hydrogens (tertiary/aromatic N) is 3. The average molecular weight is 372 g/mol. The highest BCUT2D eigenvalue weighted by molar-refractivity contribution is 5.94. The number of amides is 2. The molecule has 8 nitrogen and oxygen atoms in total. The lowest BCUT2D eigenvalue weighted by molar-refractivity contribution is 0.0697. The quantitative estimate of drug-likeness (QED) is 0.832. The van der Waals surface area contributed by atoms with Crippen molar-refractivity contribution in [3.05, 3.63) is 52.3 Å². The molecule has 0 saturated carbocycles. The van der Waals surface area contributed by atoms with E-state index in [2.05, 4.69) is 10.4 Å². The summed E-state index contributed by atoms with van der Waals surface area (Å²) in [5.74, 6) is -0.349. The van der Waals surface area contributed by atoms with E-state index in [9.17, 15) is 14.4 Å². The second-order valence-electron chi connectivity index (χ2n) is 6.69. The van der Waals surface area contributed by atoms with Gasteiger partial charge in [0.2, 0.25) is 0 Å². The zero-order valence-electron chi connectivity index (χ0n) is 15.4. The van der Waals surface area contributed by atoms with E-state index in [4.69, 9.17) is 4.42 Å². The molecule has 0 spiro atoms. The van der Waals surface area contributed by atoms with Crippen molar-refractivity contribution in [3.63, 3.8) is 0 Å². The maximum Gasteiger partial charge on any atom is 0.271 e. The molecule has 0 aliphatic carbocycles. The van der Waals surface area contributed by atoms with Crippen molar-refractivity contribution in [2.75, 3.05) is 13.1 Å². The molecule has 1 aliphatic heterocycles. The van der Waals surface area contributed by atoms with Crippen LogP contribution in [0.1, 0.15) is 53.5 Å². The fourth-order valence-corrected chi connectivity index (χ4v) is 3.09. The van der Waals surface area contributed by atoms with Crippen LogP contribution in [0.3, 0.4) is 0 Å². The predicted molar refractivity (Wildman–Crippen MR) is 98.5 cm³/mol. The van der Waals surface area contributed by atoms with Crippen LogP contribution in [0, 0.1) is 0 Å². The summed E-state index contributed by atoms with van der Waals surface area (Å²) in [6, 6.07) is 4.46. The van der Waals surface area contributed by atoms with Crippen molar-refractivity contribution < 1.29 is 14.0 Å². The Kier molecular flexibility index (Phi) is 6.05. The van der Waals surface area contributed by atoms with Crippen LogP contribution >= 0.6 is 0 Å². The number of likely N-dealkylation sites (tertiary alicyclic amines) is 1. The number of hydrogen-bond donors (Lipinski definition) is 1. The molecule has 3 heterocycles. The molecule has 1 fully saturated rings. The summed E-state index contributed by atoms with van der Waals surface area (Å²) in [6.07, 6.45) is 6.04. The number of aryl methyl sites for hydroxylation is 1. The third-order valence-corrected chi connectivity index (χ3v) is 4.71. The molecule has 2 amide bonds. The number of unbranched alkanes of at least 4 members (excludes halogenated alkanes) is 1. The Bertz CT molecular complexity index is 836. The molecule has 1 N–H and O–H groups in total. The Morgan fingerprint density at radius 1 is 1.26 bits per heavy atom.